The number of hydrogen-bond donors (Lipinski definition) is 3. The molecule has 0 atom stereocenters. The maximum Gasteiger partial charge on any atom is 0.272 e. The van der Waals surface area contributed by atoms with Crippen molar-refractivity contribution in [2.75, 3.05) is 5.32 Å². The molecule has 0 radical (unpaired) electrons. The maximum absolute atomic E-state index is 13.1. The molecule has 7 heteroatoms. The third-order valence-corrected chi connectivity index (χ3v) is 5.36. The Morgan fingerprint density at radius 1 is 0.971 bits per heavy atom. The summed E-state index contributed by atoms with van der Waals surface area (Å²) in [7, 11) is 0. The second-order valence-electron chi connectivity index (χ2n) is 7.74. The fraction of sp³-hybridized carbons (Fsp3) is 0.111. The average Bonchev–Trinajstić information content (AvgIpc) is 2.87. The van der Waals surface area contributed by atoms with E-state index in [1.165, 1.54) is 0 Å². The summed E-state index contributed by atoms with van der Waals surface area (Å²) in [5, 5.41) is 17.4. The highest BCUT2D eigenvalue weighted by molar-refractivity contribution is 6.08. The molecule has 4 aromatic rings. The van der Waals surface area contributed by atoms with Gasteiger partial charge in [-0.15, -0.1) is 0 Å². The Kier molecular flexibility index (Phi) is 6.64. The molecule has 3 N–H and O–H groups in total. The van der Waals surface area contributed by atoms with Gasteiger partial charge in [0, 0.05) is 23.1 Å². The van der Waals surface area contributed by atoms with Crippen LogP contribution in [0.15, 0.2) is 84.0 Å². The van der Waals surface area contributed by atoms with Gasteiger partial charge in [-0.05, 0) is 61.0 Å². The number of anilines is 1. The fourth-order valence-corrected chi connectivity index (χ4v) is 3.45. The number of hydrogen-bond acceptors (Lipinski definition) is 5. The van der Waals surface area contributed by atoms with E-state index in [1.807, 2.05) is 36.4 Å². The van der Waals surface area contributed by atoms with Crippen LogP contribution in [0.4, 0.5) is 5.69 Å². The summed E-state index contributed by atoms with van der Waals surface area (Å²) in [5.74, 6) is -0.250. The van der Waals surface area contributed by atoms with Gasteiger partial charge in [0.15, 0.2) is 0 Å². The molecular weight excluding hydrogens is 428 g/mol. The number of nitrogens with zero attached hydrogens (tertiary/aromatic N) is 2. The lowest BCUT2D eigenvalue weighted by Crippen LogP contribution is -2.20. The number of aromatic hydroxyl groups is 1. The molecule has 3 aromatic carbocycles. The molecule has 0 spiro atoms. The summed E-state index contributed by atoms with van der Waals surface area (Å²) in [6.07, 6.45) is 0.409. The minimum absolute atomic E-state index is 0.0540. The van der Waals surface area contributed by atoms with Crippen molar-refractivity contribution in [2.24, 2.45) is 5.10 Å². The number of nitrogens with one attached hydrogen (secondary N) is 2. The van der Waals surface area contributed by atoms with Gasteiger partial charge in [-0.25, -0.2) is 10.4 Å². The number of para-hydroxylation sites is 1. The summed E-state index contributed by atoms with van der Waals surface area (Å²) in [6.45, 7) is 3.59. The van der Waals surface area contributed by atoms with Crippen LogP contribution in [0, 0.1) is 0 Å². The zero-order chi connectivity index (χ0) is 24.1. The summed E-state index contributed by atoms with van der Waals surface area (Å²) >= 11 is 0. The van der Waals surface area contributed by atoms with Crippen LogP contribution in [-0.2, 0) is 4.79 Å². The zero-order valence-electron chi connectivity index (χ0n) is 18.9. The molecule has 170 valence electrons. The zero-order valence-corrected chi connectivity index (χ0v) is 18.9. The van der Waals surface area contributed by atoms with Crippen LogP contribution in [-0.4, -0.2) is 27.6 Å². The molecule has 0 saturated heterocycles. The van der Waals surface area contributed by atoms with E-state index in [2.05, 4.69) is 20.8 Å². The first-order valence-corrected chi connectivity index (χ1v) is 10.9. The van der Waals surface area contributed by atoms with Crippen molar-refractivity contribution in [1.82, 2.24) is 10.4 Å². The third-order valence-electron chi connectivity index (χ3n) is 5.36. The van der Waals surface area contributed by atoms with Crippen molar-refractivity contribution in [2.45, 2.75) is 20.3 Å². The lowest BCUT2D eigenvalue weighted by Gasteiger charge is -2.10. The number of phenols is 1. The van der Waals surface area contributed by atoms with Crippen molar-refractivity contribution in [3.63, 3.8) is 0 Å². The number of carbonyl (C=O) groups excluding carboxylic acids is 2. The number of benzene rings is 3. The van der Waals surface area contributed by atoms with Crippen molar-refractivity contribution < 1.29 is 14.7 Å². The van der Waals surface area contributed by atoms with Crippen LogP contribution in [0.1, 0.15) is 36.2 Å². The van der Waals surface area contributed by atoms with Crippen LogP contribution in [0.2, 0.25) is 0 Å². The molecular formula is C27H24N4O3. The van der Waals surface area contributed by atoms with Gasteiger partial charge in [-0.3, -0.25) is 9.59 Å². The smallest absolute Gasteiger partial charge is 0.272 e. The number of fused-ring (bicyclic) bond motifs is 1. The minimum atomic E-state index is -0.357. The van der Waals surface area contributed by atoms with E-state index < -0.39 is 0 Å². The first-order valence-electron chi connectivity index (χ1n) is 10.9. The van der Waals surface area contributed by atoms with Crippen LogP contribution in [0.5, 0.6) is 5.75 Å². The Morgan fingerprint density at radius 2 is 1.68 bits per heavy atom. The van der Waals surface area contributed by atoms with E-state index >= 15 is 0 Å². The molecule has 4 rings (SSSR count). The molecule has 0 bridgehead atoms. The number of phenolic OH excluding ortho intramolecular Hbond substituents is 1. The van der Waals surface area contributed by atoms with Crippen molar-refractivity contribution in [3.05, 3.63) is 90.0 Å². The van der Waals surface area contributed by atoms with Crippen molar-refractivity contribution in [1.29, 1.82) is 0 Å². The Morgan fingerprint density at radius 3 is 2.38 bits per heavy atom. The van der Waals surface area contributed by atoms with Crippen LogP contribution < -0.4 is 10.7 Å². The minimum Gasteiger partial charge on any atom is -0.508 e. The van der Waals surface area contributed by atoms with E-state index in [0.29, 0.717) is 40.0 Å². The Bertz CT molecular complexity index is 1380. The van der Waals surface area contributed by atoms with Gasteiger partial charge < -0.3 is 10.4 Å². The molecule has 0 fully saturated rings. The maximum atomic E-state index is 13.1. The summed E-state index contributed by atoms with van der Waals surface area (Å²) in [6, 6.07) is 23.1. The van der Waals surface area contributed by atoms with E-state index in [4.69, 9.17) is 0 Å². The predicted octanol–water partition coefficient (Wildman–Crippen LogP) is 5.11. The fourth-order valence-electron chi connectivity index (χ4n) is 3.45. The summed E-state index contributed by atoms with van der Waals surface area (Å²) < 4.78 is 0. The summed E-state index contributed by atoms with van der Waals surface area (Å²) in [4.78, 5) is 29.3. The molecule has 2 amide bonds. The first-order chi connectivity index (χ1) is 16.4. The van der Waals surface area contributed by atoms with E-state index in [9.17, 15) is 14.7 Å². The Balaban J connectivity index is 1.59. The highest BCUT2D eigenvalue weighted by Crippen LogP contribution is 2.26. The molecule has 1 aromatic heterocycles. The lowest BCUT2D eigenvalue weighted by atomic mass is 10.0. The standard InChI is InChI=1S/C27H24N4O3/c1-3-26(33)28-20-12-8-18(9-13-20)17(2)30-31-27(34)23-16-25(19-10-14-21(32)15-11-19)29-24-7-5-4-6-22(23)24/h4-16,32H,3H2,1-2H3,(H,28,33)(H,31,34)/b30-17+. The second-order valence-corrected chi connectivity index (χ2v) is 7.74. The largest absolute Gasteiger partial charge is 0.508 e. The van der Waals surface area contributed by atoms with Crippen LogP contribution in [0.25, 0.3) is 22.2 Å². The molecule has 0 aliphatic carbocycles. The van der Waals surface area contributed by atoms with Gasteiger partial charge in [-0.2, -0.15) is 5.10 Å². The topological polar surface area (TPSA) is 104 Å². The Hall–Kier alpha value is -4.52. The molecule has 0 unspecified atom stereocenters. The molecule has 34 heavy (non-hydrogen) atoms. The SMILES string of the molecule is CCC(=O)Nc1ccc(/C(C)=N/NC(=O)c2cc(-c3ccc(O)cc3)nc3ccccc23)cc1. The highest BCUT2D eigenvalue weighted by Gasteiger charge is 2.14. The molecule has 0 aliphatic rings. The van der Waals surface area contributed by atoms with Gasteiger partial charge in [-0.1, -0.05) is 37.3 Å². The number of rotatable bonds is 6. The summed E-state index contributed by atoms with van der Waals surface area (Å²) in [5.41, 5.74) is 7.33. The predicted molar refractivity (Wildman–Crippen MR) is 134 cm³/mol. The van der Waals surface area contributed by atoms with Gasteiger partial charge in [0.1, 0.15) is 5.75 Å². The van der Waals surface area contributed by atoms with E-state index in [-0.39, 0.29) is 17.6 Å². The Labute approximate surface area is 197 Å². The van der Waals surface area contributed by atoms with Gasteiger partial charge in [0.2, 0.25) is 5.91 Å². The monoisotopic (exact) mass is 452 g/mol. The molecule has 0 aliphatic heterocycles. The number of hydrazone groups is 1. The lowest BCUT2D eigenvalue weighted by molar-refractivity contribution is -0.115. The average molecular weight is 453 g/mol. The second kappa shape index (κ2) is 9.95. The van der Waals surface area contributed by atoms with Gasteiger partial charge in [0.05, 0.1) is 22.5 Å². The number of amides is 2. The first kappa shape index (κ1) is 22.7. The van der Waals surface area contributed by atoms with E-state index in [1.54, 1.807) is 56.3 Å². The molecule has 1 heterocycles. The van der Waals surface area contributed by atoms with Crippen LogP contribution >= 0.6 is 0 Å². The molecule has 0 saturated carbocycles. The van der Waals surface area contributed by atoms with Crippen molar-refractivity contribution in [3.8, 4) is 17.0 Å². The third kappa shape index (κ3) is 5.10. The number of pyridine rings is 1. The van der Waals surface area contributed by atoms with E-state index in [0.717, 1.165) is 11.1 Å². The number of aromatic nitrogens is 1. The quantitative estimate of drug-likeness (QED) is 0.279. The van der Waals surface area contributed by atoms with Gasteiger partial charge in [0.25, 0.3) is 5.91 Å². The molecule has 7 nitrogen and oxygen atoms in total. The van der Waals surface area contributed by atoms with Crippen molar-refractivity contribution >= 4 is 34.1 Å². The normalized spacial score (nSPS) is 11.3. The van der Waals surface area contributed by atoms with Gasteiger partial charge >= 0.3 is 0 Å². The van der Waals surface area contributed by atoms with Crippen LogP contribution in [0.3, 0.4) is 0 Å². The highest BCUT2D eigenvalue weighted by atomic mass is 16.3. The number of carbonyl (C=O) groups is 2.